The number of aryl methyl sites for hydroxylation is 1. The molecule has 0 atom stereocenters. The largest absolute Gasteiger partial charge is 0.426 e. The number of aliphatic hydroxyl groups excluding tert-OH is 1. The second-order valence-electron chi connectivity index (χ2n) is 3.13. The van der Waals surface area contributed by atoms with Gasteiger partial charge in [-0.25, -0.2) is 0 Å². The number of carbonyl (C=O) groups is 1. The molecule has 0 heterocycles. The highest BCUT2D eigenvalue weighted by Crippen LogP contribution is 2.16. The summed E-state index contributed by atoms with van der Waals surface area (Å²) in [5.74, 6) is -0.152. The van der Waals surface area contributed by atoms with Crippen molar-refractivity contribution in [3.8, 4) is 0 Å². The second-order valence-corrected chi connectivity index (χ2v) is 3.13. The number of hydrogen-bond acceptors (Lipinski definition) is 3. The molecule has 0 bridgehead atoms. The molecule has 1 aromatic rings. The first kappa shape index (κ1) is 11.5. The smallest absolute Gasteiger partial charge is 0.308 e. The molecule has 1 radical (unpaired) electrons. The SMILES string of the molecule is CC(=O)OC(=[C]CO)c1cccc(C)c1. The van der Waals surface area contributed by atoms with Gasteiger partial charge in [0.1, 0.15) is 5.76 Å². The van der Waals surface area contributed by atoms with Crippen molar-refractivity contribution in [3.63, 3.8) is 0 Å². The van der Waals surface area contributed by atoms with E-state index in [2.05, 4.69) is 6.08 Å². The van der Waals surface area contributed by atoms with Crippen molar-refractivity contribution in [2.24, 2.45) is 0 Å². The maximum absolute atomic E-state index is 10.8. The lowest BCUT2D eigenvalue weighted by Gasteiger charge is -2.07. The van der Waals surface area contributed by atoms with Gasteiger partial charge in [-0.15, -0.1) is 0 Å². The number of hydrogen-bond donors (Lipinski definition) is 1. The molecule has 0 saturated heterocycles. The zero-order chi connectivity index (χ0) is 11.3. The molecule has 0 unspecified atom stereocenters. The quantitative estimate of drug-likeness (QED) is 0.603. The van der Waals surface area contributed by atoms with E-state index < -0.39 is 5.97 Å². The van der Waals surface area contributed by atoms with Crippen LogP contribution in [0.1, 0.15) is 18.1 Å². The zero-order valence-electron chi connectivity index (χ0n) is 8.78. The van der Waals surface area contributed by atoms with Crippen LogP contribution >= 0.6 is 0 Å². The van der Waals surface area contributed by atoms with Crippen molar-refractivity contribution in [2.45, 2.75) is 13.8 Å². The molecule has 0 fully saturated rings. The maximum atomic E-state index is 10.8. The summed E-state index contributed by atoms with van der Waals surface area (Å²) >= 11 is 0. The molecular formula is C12H13O3. The molecule has 0 aliphatic rings. The molecule has 0 aliphatic carbocycles. The summed E-state index contributed by atoms with van der Waals surface area (Å²) in [5, 5.41) is 8.76. The lowest BCUT2D eigenvalue weighted by molar-refractivity contribution is -0.134. The molecule has 15 heavy (non-hydrogen) atoms. The molecule has 0 aromatic heterocycles. The van der Waals surface area contributed by atoms with Crippen LogP contribution in [-0.2, 0) is 9.53 Å². The van der Waals surface area contributed by atoms with Crippen molar-refractivity contribution in [2.75, 3.05) is 6.61 Å². The van der Waals surface area contributed by atoms with E-state index in [0.29, 0.717) is 0 Å². The van der Waals surface area contributed by atoms with E-state index in [0.717, 1.165) is 11.1 Å². The highest BCUT2D eigenvalue weighted by atomic mass is 16.5. The highest BCUT2D eigenvalue weighted by molar-refractivity contribution is 5.75. The minimum absolute atomic E-state index is 0.272. The lowest BCUT2D eigenvalue weighted by Crippen LogP contribution is -2.00. The molecule has 79 valence electrons. The minimum atomic E-state index is -0.424. The van der Waals surface area contributed by atoms with Gasteiger partial charge in [0.2, 0.25) is 0 Å². The molecule has 1 N–H and O–H groups in total. The molecule has 0 spiro atoms. The van der Waals surface area contributed by atoms with E-state index in [9.17, 15) is 4.79 Å². The Morgan fingerprint density at radius 1 is 1.53 bits per heavy atom. The summed E-state index contributed by atoms with van der Waals surface area (Å²) in [4.78, 5) is 10.8. The Labute approximate surface area is 89.0 Å². The first-order chi connectivity index (χ1) is 7.13. The monoisotopic (exact) mass is 205 g/mol. The number of ether oxygens (including phenoxy) is 1. The second kappa shape index (κ2) is 5.32. The van der Waals surface area contributed by atoms with Crippen LogP contribution in [0.3, 0.4) is 0 Å². The van der Waals surface area contributed by atoms with Crippen molar-refractivity contribution < 1.29 is 14.6 Å². The fourth-order valence-electron chi connectivity index (χ4n) is 1.20. The van der Waals surface area contributed by atoms with Crippen LogP contribution in [0.2, 0.25) is 0 Å². The van der Waals surface area contributed by atoms with Gasteiger partial charge in [-0.05, 0) is 13.0 Å². The topological polar surface area (TPSA) is 46.5 Å². The van der Waals surface area contributed by atoms with Gasteiger partial charge in [0.25, 0.3) is 0 Å². The number of carbonyl (C=O) groups excluding carboxylic acids is 1. The highest BCUT2D eigenvalue weighted by Gasteiger charge is 2.05. The first-order valence-corrected chi connectivity index (χ1v) is 4.60. The van der Waals surface area contributed by atoms with Crippen molar-refractivity contribution >= 4 is 11.7 Å². The van der Waals surface area contributed by atoms with Gasteiger partial charge < -0.3 is 9.84 Å². The van der Waals surface area contributed by atoms with Crippen LogP contribution in [0.15, 0.2) is 24.3 Å². The normalized spacial score (nSPS) is 11.3. The summed E-state index contributed by atoms with van der Waals surface area (Å²) in [6.07, 6.45) is 2.59. The lowest BCUT2D eigenvalue weighted by atomic mass is 10.1. The Hall–Kier alpha value is -1.61. The van der Waals surface area contributed by atoms with Crippen LogP contribution in [0, 0.1) is 13.0 Å². The Balaban J connectivity index is 2.99. The molecule has 0 amide bonds. The van der Waals surface area contributed by atoms with Gasteiger partial charge in [0.05, 0.1) is 6.61 Å². The predicted octanol–water partition coefficient (Wildman–Crippen LogP) is 1.69. The first-order valence-electron chi connectivity index (χ1n) is 4.60. The molecule has 1 rings (SSSR count). The van der Waals surface area contributed by atoms with Crippen LogP contribution in [0.25, 0.3) is 5.76 Å². The van der Waals surface area contributed by atoms with Crippen molar-refractivity contribution in [3.05, 3.63) is 41.5 Å². The Bertz CT molecular complexity index is 380. The van der Waals surface area contributed by atoms with Gasteiger partial charge in [-0.3, -0.25) is 4.79 Å². The van der Waals surface area contributed by atoms with Gasteiger partial charge in [0, 0.05) is 18.6 Å². The van der Waals surface area contributed by atoms with Crippen LogP contribution in [-0.4, -0.2) is 17.7 Å². The summed E-state index contributed by atoms with van der Waals surface area (Å²) in [6, 6.07) is 7.45. The molecular weight excluding hydrogens is 192 g/mol. The Kier molecular flexibility index (Phi) is 4.06. The standard InChI is InChI=1S/C12H13O3/c1-9-4-3-5-11(8-9)12(6-7-13)15-10(2)14/h3-5,8,13H,7H2,1-2H3. The minimum Gasteiger partial charge on any atom is -0.426 e. The van der Waals surface area contributed by atoms with E-state index in [1.54, 1.807) is 6.07 Å². The summed E-state index contributed by atoms with van der Waals surface area (Å²) in [7, 11) is 0. The number of esters is 1. The van der Waals surface area contributed by atoms with Crippen LogP contribution < -0.4 is 0 Å². The van der Waals surface area contributed by atoms with E-state index in [4.69, 9.17) is 9.84 Å². The van der Waals surface area contributed by atoms with Crippen LogP contribution in [0.4, 0.5) is 0 Å². The summed E-state index contributed by atoms with van der Waals surface area (Å²) in [5.41, 5.74) is 1.79. The Morgan fingerprint density at radius 3 is 2.80 bits per heavy atom. The predicted molar refractivity (Wildman–Crippen MR) is 56.7 cm³/mol. The third-order valence-corrected chi connectivity index (χ3v) is 1.77. The molecule has 0 saturated carbocycles. The van der Waals surface area contributed by atoms with E-state index in [-0.39, 0.29) is 12.4 Å². The third kappa shape index (κ3) is 3.56. The number of rotatable bonds is 3. The summed E-state index contributed by atoms with van der Waals surface area (Å²) < 4.78 is 4.94. The Morgan fingerprint density at radius 2 is 2.27 bits per heavy atom. The van der Waals surface area contributed by atoms with E-state index in [1.165, 1.54) is 6.92 Å². The van der Waals surface area contributed by atoms with Gasteiger partial charge >= 0.3 is 5.97 Å². The van der Waals surface area contributed by atoms with Gasteiger partial charge in [0.15, 0.2) is 0 Å². The van der Waals surface area contributed by atoms with Gasteiger partial charge in [-0.1, -0.05) is 23.8 Å². The molecule has 1 aromatic carbocycles. The van der Waals surface area contributed by atoms with Crippen LogP contribution in [0.5, 0.6) is 0 Å². The average molecular weight is 205 g/mol. The fraction of sp³-hybridized carbons (Fsp3) is 0.250. The number of benzene rings is 1. The maximum Gasteiger partial charge on any atom is 0.308 e. The average Bonchev–Trinajstić information content (AvgIpc) is 2.16. The molecule has 3 heteroatoms. The number of aliphatic hydroxyl groups is 1. The van der Waals surface area contributed by atoms with Crippen molar-refractivity contribution in [1.82, 2.24) is 0 Å². The summed E-state index contributed by atoms with van der Waals surface area (Å²) in [6.45, 7) is 2.97. The van der Waals surface area contributed by atoms with Crippen molar-refractivity contribution in [1.29, 1.82) is 0 Å². The van der Waals surface area contributed by atoms with E-state index in [1.807, 2.05) is 25.1 Å². The zero-order valence-corrected chi connectivity index (χ0v) is 8.78. The van der Waals surface area contributed by atoms with E-state index >= 15 is 0 Å². The fourth-order valence-corrected chi connectivity index (χ4v) is 1.20. The molecule has 0 aliphatic heterocycles. The van der Waals surface area contributed by atoms with Gasteiger partial charge in [-0.2, -0.15) is 0 Å². The third-order valence-electron chi connectivity index (χ3n) is 1.77. The molecule has 3 nitrogen and oxygen atoms in total.